The van der Waals surface area contributed by atoms with Crippen molar-refractivity contribution in [1.29, 1.82) is 0 Å². The van der Waals surface area contributed by atoms with E-state index in [4.69, 9.17) is 27.7 Å². The molecule has 0 fully saturated rings. The molecule has 4 nitrogen and oxygen atoms in total. The summed E-state index contributed by atoms with van der Waals surface area (Å²) in [5.41, 5.74) is 2.48. The molecule has 6 heteroatoms. The number of aryl methyl sites for hydroxylation is 1. The third-order valence-electron chi connectivity index (χ3n) is 3.29. The van der Waals surface area contributed by atoms with Crippen molar-refractivity contribution in [1.82, 2.24) is 5.16 Å². The lowest BCUT2D eigenvalue weighted by atomic mass is 10.1. The van der Waals surface area contributed by atoms with Gasteiger partial charge in [0.2, 0.25) is 0 Å². The number of aromatic nitrogens is 1. The van der Waals surface area contributed by atoms with E-state index in [2.05, 4.69) is 10.5 Å². The Morgan fingerprint density at radius 2 is 1.87 bits per heavy atom. The maximum atomic E-state index is 12.3. The normalized spacial score (nSPS) is 10.6. The fourth-order valence-electron chi connectivity index (χ4n) is 2.11. The Labute approximate surface area is 143 Å². The van der Waals surface area contributed by atoms with Gasteiger partial charge < -0.3 is 9.84 Å². The summed E-state index contributed by atoms with van der Waals surface area (Å²) in [7, 11) is 0. The average molecular weight is 347 g/mol. The van der Waals surface area contributed by atoms with Crippen LogP contribution in [0.25, 0.3) is 11.3 Å². The van der Waals surface area contributed by atoms with Crippen LogP contribution < -0.4 is 5.32 Å². The molecule has 0 atom stereocenters. The Kier molecular flexibility index (Phi) is 4.37. The van der Waals surface area contributed by atoms with E-state index in [0.29, 0.717) is 21.5 Å². The third-order valence-corrected chi connectivity index (χ3v) is 3.76. The lowest BCUT2D eigenvalue weighted by Crippen LogP contribution is -2.12. The Bertz CT molecular complexity index is 875. The molecular weight excluding hydrogens is 335 g/mol. The molecule has 2 aromatic carbocycles. The van der Waals surface area contributed by atoms with Gasteiger partial charge in [0, 0.05) is 27.4 Å². The van der Waals surface area contributed by atoms with Gasteiger partial charge in [-0.05, 0) is 42.8 Å². The highest BCUT2D eigenvalue weighted by Gasteiger charge is 2.15. The molecule has 3 rings (SSSR count). The molecule has 0 bridgehead atoms. The van der Waals surface area contributed by atoms with Gasteiger partial charge in [-0.3, -0.25) is 4.79 Å². The van der Waals surface area contributed by atoms with Crippen LogP contribution >= 0.6 is 23.2 Å². The van der Waals surface area contributed by atoms with Crippen LogP contribution in [0.5, 0.6) is 0 Å². The Morgan fingerprint density at radius 1 is 1.09 bits per heavy atom. The van der Waals surface area contributed by atoms with Crippen molar-refractivity contribution in [3.63, 3.8) is 0 Å². The highest BCUT2D eigenvalue weighted by Crippen LogP contribution is 2.24. The van der Waals surface area contributed by atoms with Crippen molar-refractivity contribution in [3.8, 4) is 11.3 Å². The highest BCUT2D eigenvalue weighted by molar-refractivity contribution is 6.31. The van der Waals surface area contributed by atoms with Crippen molar-refractivity contribution >= 4 is 34.8 Å². The van der Waals surface area contributed by atoms with E-state index >= 15 is 0 Å². The number of rotatable bonds is 3. The molecule has 0 spiro atoms. The number of nitrogens with zero attached hydrogens (tertiary/aromatic N) is 1. The van der Waals surface area contributed by atoms with Crippen LogP contribution in [-0.2, 0) is 0 Å². The number of nitrogens with one attached hydrogen (secondary N) is 1. The standard InChI is InChI=1S/C17H12Cl2N2O2/c1-10-7-13(19)5-6-14(10)20-17(22)15-9-16(23-21-15)11-3-2-4-12(18)8-11/h2-9H,1H3,(H,20,22). The van der Waals surface area contributed by atoms with Gasteiger partial charge in [-0.25, -0.2) is 0 Å². The van der Waals surface area contributed by atoms with Crippen LogP contribution in [0.1, 0.15) is 16.1 Å². The van der Waals surface area contributed by atoms with Crippen molar-refractivity contribution in [2.75, 3.05) is 5.32 Å². The number of hydrogen-bond acceptors (Lipinski definition) is 3. The molecular formula is C17H12Cl2N2O2. The first-order valence-electron chi connectivity index (χ1n) is 6.83. The monoisotopic (exact) mass is 346 g/mol. The summed E-state index contributed by atoms with van der Waals surface area (Å²) in [6.45, 7) is 1.86. The van der Waals surface area contributed by atoms with Crippen LogP contribution in [-0.4, -0.2) is 11.1 Å². The number of benzene rings is 2. The summed E-state index contributed by atoms with van der Waals surface area (Å²) in [6.07, 6.45) is 0. The largest absolute Gasteiger partial charge is 0.355 e. The highest BCUT2D eigenvalue weighted by atomic mass is 35.5. The van der Waals surface area contributed by atoms with E-state index in [1.807, 2.05) is 13.0 Å². The van der Waals surface area contributed by atoms with Crippen LogP contribution in [0.15, 0.2) is 53.1 Å². The number of anilines is 1. The summed E-state index contributed by atoms with van der Waals surface area (Å²) in [5, 5.41) is 7.79. The first-order valence-corrected chi connectivity index (χ1v) is 7.59. The number of carbonyl (C=O) groups excluding carboxylic acids is 1. The van der Waals surface area contributed by atoms with Gasteiger partial charge in [-0.15, -0.1) is 0 Å². The minimum absolute atomic E-state index is 0.189. The van der Waals surface area contributed by atoms with E-state index < -0.39 is 0 Å². The molecule has 0 unspecified atom stereocenters. The second-order valence-electron chi connectivity index (χ2n) is 5.00. The Hall–Kier alpha value is -2.30. The summed E-state index contributed by atoms with van der Waals surface area (Å²) >= 11 is 11.9. The minimum atomic E-state index is -0.354. The van der Waals surface area contributed by atoms with Crippen LogP contribution in [0.4, 0.5) is 5.69 Å². The van der Waals surface area contributed by atoms with Gasteiger partial charge in [-0.2, -0.15) is 0 Å². The summed E-state index contributed by atoms with van der Waals surface area (Å²) in [4.78, 5) is 12.3. The first kappa shape index (κ1) is 15.6. The minimum Gasteiger partial charge on any atom is -0.355 e. The zero-order valence-electron chi connectivity index (χ0n) is 12.1. The molecule has 0 saturated carbocycles. The van der Waals surface area contributed by atoms with E-state index in [9.17, 15) is 4.79 Å². The lowest BCUT2D eigenvalue weighted by molar-refractivity contribution is 0.101. The Morgan fingerprint density at radius 3 is 2.61 bits per heavy atom. The van der Waals surface area contributed by atoms with E-state index in [0.717, 1.165) is 11.1 Å². The van der Waals surface area contributed by atoms with Crippen molar-refractivity contribution in [2.45, 2.75) is 6.92 Å². The summed E-state index contributed by atoms with van der Waals surface area (Å²) in [6, 6.07) is 13.9. The topological polar surface area (TPSA) is 55.1 Å². The number of amides is 1. The van der Waals surface area contributed by atoms with Gasteiger partial charge in [-0.1, -0.05) is 40.5 Å². The fourth-order valence-corrected chi connectivity index (χ4v) is 2.53. The SMILES string of the molecule is Cc1cc(Cl)ccc1NC(=O)c1cc(-c2cccc(Cl)c2)on1. The smallest absolute Gasteiger partial charge is 0.277 e. The molecule has 3 aromatic rings. The average Bonchev–Trinajstić information content (AvgIpc) is 3.00. The molecule has 23 heavy (non-hydrogen) atoms. The van der Waals surface area contributed by atoms with E-state index in [1.165, 1.54) is 0 Å². The van der Waals surface area contributed by atoms with Crippen molar-refractivity contribution < 1.29 is 9.32 Å². The molecule has 0 aliphatic carbocycles. The number of hydrogen-bond donors (Lipinski definition) is 1. The maximum Gasteiger partial charge on any atom is 0.277 e. The zero-order valence-corrected chi connectivity index (χ0v) is 13.7. The molecule has 0 radical (unpaired) electrons. The summed E-state index contributed by atoms with van der Waals surface area (Å²) < 4.78 is 5.22. The molecule has 1 aromatic heterocycles. The molecule has 0 saturated heterocycles. The van der Waals surface area contributed by atoms with Gasteiger partial charge in [0.05, 0.1) is 0 Å². The van der Waals surface area contributed by atoms with Gasteiger partial charge in [0.25, 0.3) is 5.91 Å². The van der Waals surface area contributed by atoms with Crippen molar-refractivity contribution in [3.05, 3.63) is 69.8 Å². The summed E-state index contributed by atoms with van der Waals surface area (Å²) in [5.74, 6) is 0.123. The quantitative estimate of drug-likeness (QED) is 0.708. The molecule has 116 valence electrons. The van der Waals surface area contributed by atoms with Gasteiger partial charge in [0.1, 0.15) is 0 Å². The van der Waals surface area contributed by atoms with Gasteiger partial charge in [0.15, 0.2) is 11.5 Å². The fraction of sp³-hybridized carbons (Fsp3) is 0.0588. The lowest BCUT2D eigenvalue weighted by Gasteiger charge is -2.06. The molecule has 1 heterocycles. The number of halogens is 2. The van der Waals surface area contributed by atoms with Crippen LogP contribution in [0, 0.1) is 6.92 Å². The van der Waals surface area contributed by atoms with E-state index in [1.54, 1.807) is 42.5 Å². The molecule has 1 N–H and O–H groups in total. The van der Waals surface area contributed by atoms with Crippen LogP contribution in [0.2, 0.25) is 10.0 Å². The first-order chi connectivity index (χ1) is 11.0. The van der Waals surface area contributed by atoms with E-state index in [-0.39, 0.29) is 11.6 Å². The third kappa shape index (κ3) is 3.55. The second-order valence-corrected chi connectivity index (χ2v) is 5.87. The molecule has 0 aliphatic rings. The predicted octanol–water partition coefficient (Wildman–Crippen LogP) is 5.21. The predicted molar refractivity (Wildman–Crippen MR) is 91.1 cm³/mol. The molecule has 1 amide bonds. The maximum absolute atomic E-state index is 12.3. The van der Waals surface area contributed by atoms with Gasteiger partial charge >= 0.3 is 0 Å². The molecule has 0 aliphatic heterocycles. The Balaban J connectivity index is 1.81. The van der Waals surface area contributed by atoms with Crippen LogP contribution in [0.3, 0.4) is 0 Å². The zero-order chi connectivity index (χ0) is 16.4. The van der Waals surface area contributed by atoms with Crippen molar-refractivity contribution in [2.24, 2.45) is 0 Å². The second kappa shape index (κ2) is 6.44. The number of carbonyl (C=O) groups is 1.